The van der Waals surface area contributed by atoms with Crippen LogP contribution in [0.2, 0.25) is 0 Å². The van der Waals surface area contributed by atoms with Gasteiger partial charge in [-0.3, -0.25) is 0 Å². The fourth-order valence-electron chi connectivity index (χ4n) is 9.71. The van der Waals surface area contributed by atoms with E-state index in [9.17, 15) is 0 Å². The molecule has 2 aliphatic rings. The van der Waals surface area contributed by atoms with Gasteiger partial charge in [-0.2, -0.15) is 0 Å². The number of hydrogen-bond donors (Lipinski definition) is 0. The van der Waals surface area contributed by atoms with Gasteiger partial charge in [0.2, 0.25) is 0 Å². The third kappa shape index (κ3) is 5.19. The van der Waals surface area contributed by atoms with Gasteiger partial charge in [-0.25, -0.2) is 9.97 Å². The highest BCUT2D eigenvalue weighted by Gasteiger charge is 2.49. The van der Waals surface area contributed by atoms with Crippen LogP contribution in [0.15, 0.2) is 200 Å². The fourth-order valence-corrected chi connectivity index (χ4v) is 9.71. The predicted molar refractivity (Wildman–Crippen MR) is 234 cm³/mol. The lowest BCUT2D eigenvalue weighted by Crippen LogP contribution is -2.34. The third-order valence-corrected chi connectivity index (χ3v) is 12.2. The van der Waals surface area contributed by atoms with E-state index >= 15 is 0 Å². The van der Waals surface area contributed by atoms with Gasteiger partial charge >= 0.3 is 0 Å². The van der Waals surface area contributed by atoms with Gasteiger partial charge in [0, 0.05) is 39.0 Å². The lowest BCUT2D eigenvalue weighted by atomic mass is 9.62. The first-order valence-corrected chi connectivity index (χ1v) is 19.9. The summed E-state index contributed by atoms with van der Waals surface area (Å²) in [7, 11) is 0. The van der Waals surface area contributed by atoms with Crippen LogP contribution in [0.1, 0.15) is 34.9 Å². The molecular formula is C54H39N3. The largest absolute Gasteiger partial charge is 0.313 e. The van der Waals surface area contributed by atoms with Gasteiger partial charge in [-0.1, -0.05) is 183 Å². The molecule has 2 aliphatic carbocycles. The summed E-state index contributed by atoms with van der Waals surface area (Å²) in [5.74, 6) is 0.967. The number of aromatic nitrogens is 3. The molecule has 0 N–H and O–H groups in total. The van der Waals surface area contributed by atoms with Crippen LogP contribution in [0, 0.1) is 5.92 Å². The molecule has 0 radical (unpaired) electrons. The SMILES string of the molecule is CC1Cc2c(c3ccccc3n2-c2ccccc2)C=C1C1(c2ccc(-c3nc(-c4ccccc4)cc(-c4ccccc4)n3)cc2)c2ccccc2-c2ccccc21. The van der Waals surface area contributed by atoms with Crippen LogP contribution >= 0.6 is 0 Å². The van der Waals surface area contributed by atoms with E-state index in [4.69, 9.17) is 9.97 Å². The van der Waals surface area contributed by atoms with E-state index in [0.717, 1.165) is 34.5 Å². The standard InChI is InChI=1S/C54H39N3/c1-36-33-52-45(44-25-13-16-28-51(44)57(52)41-21-9-4-10-22-41)34-48(36)54(46-26-14-11-23-42(46)43-24-12-15-27-47(43)54)40-31-29-39(30-32-40)53-55-49(37-17-5-2-6-18-37)35-50(56-53)38-19-7-3-8-20-38/h2-32,34-36H,33H2,1H3. The van der Waals surface area contributed by atoms with E-state index in [1.807, 2.05) is 12.1 Å². The van der Waals surface area contributed by atoms with E-state index in [1.165, 1.54) is 61.2 Å². The van der Waals surface area contributed by atoms with Crippen molar-refractivity contribution in [2.24, 2.45) is 5.92 Å². The van der Waals surface area contributed by atoms with Crippen molar-refractivity contribution in [1.82, 2.24) is 14.5 Å². The monoisotopic (exact) mass is 729 g/mol. The topological polar surface area (TPSA) is 30.7 Å². The number of para-hydroxylation sites is 2. The molecule has 2 aromatic heterocycles. The highest BCUT2D eigenvalue weighted by molar-refractivity contribution is 5.96. The minimum Gasteiger partial charge on any atom is -0.313 e. The molecule has 0 aliphatic heterocycles. The van der Waals surface area contributed by atoms with Crippen molar-refractivity contribution in [1.29, 1.82) is 0 Å². The average Bonchev–Trinajstić information content (AvgIpc) is 3.77. The van der Waals surface area contributed by atoms with E-state index < -0.39 is 5.41 Å². The van der Waals surface area contributed by atoms with Gasteiger partial charge in [0.25, 0.3) is 0 Å². The second-order valence-electron chi connectivity index (χ2n) is 15.4. The zero-order valence-corrected chi connectivity index (χ0v) is 31.7. The number of allylic oxidation sites excluding steroid dienone is 1. The summed E-state index contributed by atoms with van der Waals surface area (Å²) in [4.78, 5) is 10.3. The second-order valence-corrected chi connectivity index (χ2v) is 15.4. The molecule has 9 aromatic rings. The summed E-state index contributed by atoms with van der Waals surface area (Å²) in [6.07, 6.45) is 3.48. The molecule has 0 bridgehead atoms. The zero-order chi connectivity index (χ0) is 37.9. The van der Waals surface area contributed by atoms with Crippen molar-refractivity contribution in [3.05, 3.63) is 228 Å². The Bertz CT molecular complexity index is 2870. The lowest BCUT2D eigenvalue weighted by Gasteiger charge is -2.40. The lowest BCUT2D eigenvalue weighted by molar-refractivity contribution is 0.563. The number of benzene rings is 7. The molecule has 3 nitrogen and oxygen atoms in total. The molecule has 2 heterocycles. The van der Waals surface area contributed by atoms with Crippen LogP contribution in [0.25, 0.3) is 67.7 Å². The third-order valence-electron chi connectivity index (χ3n) is 12.2. The van der Waals surface area contributed by atoms with E-state index in [-0.39, 0.29) is 5.92 Å². The molecule has 1 atom stereocenters. The summed E-state index contributed by atoms with van der Waals surface area (Å²) in [6, 6.07) is 69.9. The average molecular weight is 730 g/mol. The molecular weight excluding hydrogens is 691 g/mol. The molecule has 11 rings (SSSR count). The Morgan fingerprint density at radius 2 is 1.05 bits per heavy atom. The smallest absolute Gasteiger partial charge is 0.160 e. The molecule has 1 unspecified atom stereocenters. The molecule has 0 saturated carbocycles. The number of fused-ring (bicyclic) bond motifs is 6. The van der Waals surface area contributed by atoms with Crippen molar-refractivity contribution < 1.29 is 0 Å². The maximum absolute atomic E-state index is 5.17. The van der Waals surface area contributed by atoms with E-state index in [1.54, 1.807) is 0 Å². The normalized spacial score (nSPS) is 15.1. The summed E-state index contributed by atoms with van der Waals surface area (Å²) in [5, 5.41) is 1.29. The van der Waals surface area contributed by atoms with Crippen LogP contribution in [0.3, 0.4) is 0 Å². The molecule has 270 valence electrons. The van der Waals surface area contributed by atoms with Crippen molar-refractivity contribution in [2.45, 2.75) is 18.8 Å². The van der Waals surface area contributed by atoms with Gasteiger partial charge < -0.3 is 4.57 Å². The van der Waals surface area contributed by atoms with Crippen LogP contribution in [0.4, 0.5) is 0 Å². The first-order valence-electron chi connectivity index (χ1n) is 19.9. The van der Waals surface area contributed by atoms with Crippen molar-refractivity contribution >= 4 is 17.0 Å². The van der Waals surface area contributed by atoms with Crippen LogP contribution in [-0.2, 0) is 11.8 Å². The summed E-state index contributed by atoms with van der Waals surface area (Å²) >= 11 is 0. The van der Waals surface area contributed by atoms with Crippen LogP contribution in [0.5, 0.6) is 0 Å². The number of hydrogen-bond acceptors (Lipinski definition) is 2. The molecule has 57 heavy (non-hydrogen) atoms. The molecule has 7 aromatic carbocycles. The van der Waals surface area contributed by atoms with Crippen molar-refractivity contribution in [3.63, 3.8) is 0 Å². The Morgan fingerprint density at radius 1 is 0.526 bits per heavy atom. The van der Waals surface area contributed by atoms with Gasteiger partial charge in [0.1, 0.15) is 0 Å². The molecule has 0 saturated heterocycles. The molecule has 0 fully saturated rings. The van der Waals surface area contributed by atoms with Gasteiger partial charge in [0.15, 0.2) is 5.82 Å². The Labute approximate surface area is 333 Å². The Kier molecular flexibility index (Phi) is 7.75. The Balaban J connectivity index is 1.13. The van der Waals surface area contributed by atoms with Gasteiger partial charge in [-0.15, -0.1) is 0 Å². The highest BCUT2D eigenvalue weighted by atomic mass is 15.0. The zero-order valence-electron chi connectivity index (χ0n) is 31.7. The molecule has 0 spiro atoms. The van der Waals surface area contributed by atoms with Gasteiger partial charge in [-0.05, 0) is 70.0 Å². The Morgan fingerprint density at radius 3 is 1.67 bits per heavy atom. The first kappa shape index (κ1) is 33.3. The maximum atomic E-state index is 5.17. The number of rotatable bonds is 6. The van der Waals surface area contributed by atoms with E-state index in [2.05, 4.69) is 200 Å². The molecule has 3 heteroatoms. The quantitative estimate of drug-likeness (QED) is 0.171. The minimum atomic E-state index is -0.499. The molecule has 0 amide bonds. The summed E-state index contributed by atoms with van der Waals surface area (Å²) in [6.45, 7) is 2.43. The van der Waals surface area contributed by atoms with Gasteiger partial charge in [0.05, 0.1) is 22.3 Å². The minimum absolute atomic E-state index is 0.252. The van der Waals surface area contributed by atoms with Crippen LogP contribution < -0.4 is 0 Å². The fraction of sp³-hybridized carbons (Fsp3) is 0.0741. The van der Waals surface area contributed by atoms with Crippen molar-refractivity contribution in [3.8, 4) is 50.7 Å². The summed E-state index contributed by atoms with van der Waals surface area (Å²) in [5.41, 5.74) is 17.5. The van der Waals surface area contributed by atoms with Crippen molar-refractivity contribution in [2.75, 3.05) is 0 Å². The predicted octanol–water partition coefficient (Wildman–Crippen LogP) is 13.0. The van der Waals surface area contributed by atoms with E-state index in [0.29, 0.717) is 5.82 Å². The first-order chi connectivity index (χ1) is 28.2. The second kappa shape index (κ2) is 13.3. The highest BCUT2D eigenvalue weighted by Crippen LogP contribution is 2.59. The number of nitrogens with zero attached hydrogens (tertiary/aromatic N) is 3. The maximum Gasteiger partial charge on any atom is 0.160 e. The summed E-state index contributed by atoms with van der Waals surface area (Å²) < 4.78 is 2.49. The Hall–Kier alpha value is -7.10. The van der Waals surface area contributed by atoms with Crippen LogP contribution in [-0.4, -0.2) is 14.5 Å².